The first kappa shape index (κ1) is 15.5. The minimum Gasteiger partial charge on any atom is -0.342 e. The van der Waals surface area contributed by atoms with Gasteiger partial charge in [-0.3, -0.25) is 9.59 Å². The van der Waals surface area contributed by atoms with Crippen LogP contribution in [0, 0.1) is 11.7 Å². The predicted octanol–water partition coefficient (Wildman–Crippen LogP) is 2.09. The van der Waals surface area contributed by atoms with Gasteiger partial charge in [0.25, 0.3) is 0 Å². The summed E-state index contributed by atoms with van der Waals surface area (Å²) in [7, 11) is 0. The molecule has 1 aromatic carbocycles. The summed E-state index contributed by atoms with van der Waals surface area (Å²) in [5, 5.41) is 2.78. The highest BCUT2D eigenvalue weighted by molar-refractivity contribution is 5.99. The predicted molar refractivity (Wildman–Crippen MR) is 77.8 cm³/mol. The highest BCUT2D eigenvalue weighted by atomic mass is 19.1. The van der Waals surface area contributed by atoms with E-state index in [1.165, 1.54) is 17.0 Å². The summed E-state index contributed by atoms with van der Waals surface area (Å²) in [5.41, 5.74) is -0.275. The van der Waals surface area contributed by atoms with Crippen LogP contribution >= 0.6 is 0 Å². The van der Waals surface area contributed by atoms with Gasteiger partial charge < -0.3 is 10.2 Å². The number of halogens is 1. The summed E-state index contributed by atoms with van der Waals surface area (Å²) in [6, 6.07) is 5.57. The topological polar surface area (TPSA) is 49.4 Å². The lowest BCUT2D eigenvalue weighted by Crippen LogP contribution is -2.69. The van der Waals surface area contributed by atoms with Crippen molar-refractivity contribution < 1.29 is 14.0 Å². The van der Waals surface area contributed by atoms with E-state index in [-0.39, 0.29) is 30.1 Å². The monoisotopic (exact) mass is 292 g/mol. The molecule has 4 nitrogen and oxygen atoms in total. The molecule has 1 saturated heterocycles. The summed E-state index contributed by atoms with van der Waals surface area (Å²) in [4.78, 5) is 26.4. The molecule has 2 amide bonds. The molecule has 1 N–H and O–H groups in total. The minimum absolute atomic E-state index is 0.00700. The van der Waals surface area contributed by atoms with Gasteiger partial charge in [0.2, 0.25) is 11.8 Å². The van der Waals surface area contributed by atoms with E-state index >= 15 is 0 Å². The number of carbonyl (C=O) groups is 2. The van der Waals surface area contributed by atoms with Crippen LogP contribution in [0.5, 0.6) is 0 Å². The number of carbonyl (C=O) groups excluding carboxylic acids is 2. The van der Waals surface area contributed by atoms with Gasteiger partial charge in [-0.05, 0) is 37.5 Å². The van der Waals surface area contributed by atoms with Crippen LogP contribution in [-0.2, 0) is 16.1 Å². The van der Waals surface area contributed by atoms with Gasteiger partial charge in [0.15, 0.2) is 0 Å². The second-order valence-electron chi connectivity index (χ2n) is 6.31. The van der Waals surface area contributed by atoms with E-state index in [1.807, 2.05) is 13.8 Å². The van der Waals surface area contributed by atoms with Crippen LogP contribution < -0.4 is 5.32 Å². The van der Waals surface area contributed by atoms with Gasteiger partial charge in [-0.1, -0.05) is 26.0 Å². The van der Waals surface area contributed by atoms with E-state index in [2.05, 4.69) is 5.32 Å². The highest BCUT2D eigenvalue weighted by Crippen LogP contribution is 2.26. The van der Waals surface area contributed by atoms with Crippen molar-refractivity contribution in [3.05, 3.63) is 35.6 Å². The Labute approximate surface area is 124 Å². The molecule has 1 aliphatic rings. The molecular weight excluding hydrogens is 271 g/mol. The molecule has 1 unspecified atom stereocenters. The zero-order valence-corrected chi connectivity index (χ0v) is 12.8. The average molecular weight is 292 g/mol. The molecule has 0 aromatic heterocycles. The molecule has 114 valence electrons. The molecule has 1 aromatic rings. The van der Waals surface area contributed by atoms with E-state index in [1.54, 1.807) is 26.0 Å². The van der Waals surface area contributed by atoms with E-state index in [0.717, 1.165) is 0 Å². The Morgan fingerprint density at radius 3 is 2.57 bits per heavy atom. The van der Waals surface area contributed by atoms with Crippen LogP contribution in [0.15, 0.2) is 24.3 Å². The van der Waals surface area contributed by atoms with Crippen molar-refractivity contribution in [3.63, 3.8) is 0 Å². The summed E-state index contributed by atoms with van der Waals surface area (Å²) < 4.78 is 13.3. The molecule has 5 heteroatoms. The van der Waals surface area contributed by atoms with Gasteiger partial charge in [0, 0.05) is 6.54 Å². The third-order valence-electron chi connectivity index (χ3n) is 3.95. The van der Waals surface area contributed by atoms with Crippen molar-refractivity contribution >= 4 is 11.8 Å². The Hall–Kier alpha value is -1.91. The van der Waals surface area contributed by atoms with Crippen molar-refractivity contribution in [2.75, 3.05) is 0 Å². The normalized spacial score (nSPS) is 21.6. The van der Waals surface area contributed by atoms with Gasteiger partial charge in [-0.25, -0.2) is 4.39 Å². The molecule has 21 heavy (non-hydrogen) atoms. The van der Waals surface area contributed by atoms with Crippen LogP contribution in [-0.4, -0.2) is 28.3 Å². The quantitative estimate of drug-likeness (QED) is 0.927. The maximum atomic E-state index is 13.3. The molecular formula is C16H21FN2O2. The van der Waals surface area contributed by atoms with E-state index in [0.29, 0.717) is 5.56 Å². The van der Waals surface area contributed by atoms with E-state index in [9.17, 15) is 14.0 Å². The molecule has 1 fully saturated rings. The van der Waals surface area contributed by atoms with Crippen LogP contribution in [0.3, 0.4) is 0 Å². The molecule has 1 atom stereocenters. The Balaban J connectivity index is 2.32. The number of piperazine rings is 1. The first-order chi connectivity index (χ1) is 9.73. The van der Waals surface area contributed by atoms with Crippen LogP contribution in [0.2, 0.25) is 0 Å². The first-order valence-electron chi connectivity index (χ1n) is 7.10. The third kappa shape index (κ3) is 2.91. The SMILES string of the molecule is CC(C)C1NC(=O)C(C)(C)N(Cc2cccc(F)c2)C1=O. The summed E-state index contributed by atoms with van der Waals surface area (Å²) in [5.74, 6) is -0.650. The van der Waals surface area contributed by atoms with Crippen molar-refractivity contribution in [2.45, 2.75) is 45.8 Å². The molecule has 2 rings (SSSR count). The standard InChI is InChI=1S/C16H21FN2O2/c1-10(2)13-14(20)19(16(3,4)15(21)18-13)9-11-6-5-7-12(17)8-11/h5-8,10,13H,9H2,1-4H3,(H,18,21). The third-order valence-corrected chi connectivity index (χ3v) is 3.95. The maximum absolute atomic E-state index is 13.3. The van der Waals surface area contributed by atoms with E-state index < -0.39 is 11.6 Å². The zero-order valence-electron chi connectivity index (χ0n) is 12.8. The summed E-state index contributed by atoms with van der Waals surface area (Å²) in [6.45, 7) is 7.41. The Morgan fingerprint density at radius 1 is 1.33 bits per heavy atom. The van der Waals surface area contributed by atoms with Gasteiger partial charge in [0.1, 0.15) is 17.4 Å². The molecule has 0 aliphatic carbocycles. The van der Waals surface area contributed by atoms with E-state index in [4.69, 9.17) is 0 Å². The Kier molecular flexibility index (Phi) is 4.03. The van der Waals surface area contributed by atoms with Crippen LogP contribution in [0.4, 0.5) is 4.39 Å². The van der Waals surface area contributed by atoms with Crippen molar-refractivity contribution in [1.82, 2.24) is 10.2 Å². The zero-order chi connectivity index (χ0) is 15.8. The van der Waals surface area contributed by atoms with Crippen LogP contribution in [0.1, 0.15) is 33.3 Å². The largest absolute Gasteiger partial charge is 0.342 e. The number of nitrogens with zero attached hydrogens (tertiary/aromatic N) is 1. The van der Waals surface area contributed by atoms with Gasteiger partial charge >= 0.3 is 0 Å². The lowest BCUT2D eigenvalue weighted by atomic mass is 9.91. The number of rotatable bonds is 3. The number of hydrogen-bond donors (Lipinski definition) is 1. The lowest BCUT2D eigenvalue weighted by molar-refractivity contribution is -0.157. The highest BCUT2D eigenvalue weighted by Gasteiger charge is 2.46. The Bertz CT molecular complexity index is 569. The summed E-state index contributed by atoms with van der Waals surface area (Å²) >= 11 is 0. The van der Waals surface area contributed by atoms with Crippen LogP contribution in [0.25, 0.3) is 0 Å². The molecule has 0 radical (unpaired) electrons. The fourth-order valence-corrected chi connectivity index (χ4v) is 2.49. The molecule has 1 aliphatic heterocycles. The second kappa shape index (κ2) is 5.47. The van der Waals surface area contributed by atoms with Crippen molar-refractivity contribution in [3.8, 4) is 0 Å². The minimum atomic E-state index is -0.950. The molecule has 1 heterocycles. The number of hydrogen-bond acceptors (Lipinski definition) is 2. The first-order valence-corrected chi connectivity index (χ1v) is 7.10. The second-order valence-corrected chi connectivity index (χ2v) is 6.31. The lowest BCUT2D eigenvalue weighted by Gasteiger charge is -2.45. The van der Waals surface area contributed by atoms with Gasteiger partial charge in [-0.15, -0.1) is 0 Å². The smallest absolute Gasteiger partial charge is 0.246 e. The van der Waals surface area contributed by atoms with Crippen molar-refractivity contribution in [2.24, 2.45) is 5.92 Å². The number of nitrogens with one attached hydrogen (secondary N) is 1. The fourth-order valence-electron chi connectivity index (χ4n) is 2.49. The van der Waals surface area contributed by atoms with Gasteiger partial charge in [-0.2, -0.15) is 0 Å². The summed E-state index contributed by atoms with van der Waals surface area (Å²) in [6.07, 6.45) is 0. The molecule has 0 saturated carbocycles. The average Bonchev–Trinajstić information content (AvgIpc) is 2.39. The number of benzene rings is 1. The Morgan fingerprint density at radius 2 is 2.00 bits per heavy atom. The van der Waals surface area contributed by atoms with Gasteiger partial charge in [0.05, 0.1) is 0 Å². The molecule has 0 bridgehead atoms. The number of amides is 2. The molecule has 0 spiro atoms. The fraction of sp³-hybridized carbons (Fsp3) is 0.500. The van der Waals surface area contributed by atoms with Crippen molar-refractivity contribution in [1.29, 1.82) is 0 Å². The maximum Gasteiger partial charge on any atom is 0.246 e.